The predicted molar refractivity (Wildman–Crippen MR) is 79.3 cm³/mol. The van der Waals surface area contributed by atoms with Gasteiger partial charge in [-0.3, -0.25) is 0 Å². The molecule has 0 aliphatic heterocycles. The summed E-state index contributed by atoms with van der Waals surface area (Å²) in [6.45, 7) is 1.61. The third-order valence-corrected chi connectivity index (χ3v) is 3.45. The van der Waals surface area contributed by atoms with Gasteiger partial charge in [-0.25, -0.2) is 9.18 Å². The number of benzene rings is 2. The SMILES string of the molecule is Cc1cc(C(Nc2ccc(Br)cc2)C(=O)O)ccc1F. The normalized spacial score (nSPS) is 11.9. The molecule has 0 aliphatic carbocycles. The number of hydrogen-bond donors (Lipinski definition) is 2. The van der Waals surface area contributed by atoms with Crippen LogP contribution in [-0.4, -0.2) is 11.1 Å². The molecule has 0 fully saturated rings. The van der Waals surface area contributed by atoms with Gasteiger partial charge in [0.1, 0.15) is 5.82 Å². The topological polar surface area (TPSA) is 49.3 Å². The van der Waals surface area contributed by atoms with Gasteiger partial charge in [-0.2, -0.15) is 0 Å². The Balaban J connectivity index is 2.29. The van der Waals surface area contributed by atoms with E-state index < -0.39 is 12.0 Å². The summed E-state index contributed by atoms with van der Waals surface area (Å²) in [6, 6.07) is 10.6. The van der Waals surface area contributed by atoms with Gasteiger partial charge in [0.05, 0.1) is 0 Å². The van der Waals surface area contributed by atoms with Crippen LogP contribution in [0.15, 0.2) is 46.9 Å². The van der Waals surface area contributed by atoms with Gasteiger partial charge in [-0.15, -0.1) is 0 Å². The molecule has 20 heavy (non-hydrogen) atoms. The highest BCUT2D eigenvalue weighted by molar-refractivity contribution is 9.10. The van der Waals surface area contributed by atoms with E-state index in [0.29, 0.717) is 16.8 Å². The Bertz CT molecular complexity index is 628. The molecule has 0 bridgehead atoms. The molecule has 1 atom stereocenters. The number of aliphatic carboxylic acids is 1. The first-order chi connectivity index (χ1) is 9.47. The van der Waals surface area contributed by atoms with Crippen LogP contribution >= 0.6 is 15.9 Å². The van der Waals surface area contributed by atoms with Crippen molar-refractivity contribution in [3.63, 3.8) is 0 Å². The number of carboxylic acids is 1. The van der Waals surface area contributed by atoms with Crippen molar-refractivity contribution in [2.75, 3.05) is 5.32 Å². The molecule has 2 N–H and O–H groups in total. The molecule has 3 nitrogen and oxygen atoms in total. The molecule has 5 heteroatoms. The van der Waals surface area contributed by atoms with E-state index in [-0.39, 0.29) is 5.82 Å². The zero-order valence-electron chi connectivity index (χ0n) is 10.7. The fraction of sp³-hybridized carbons (Fsp3) is 0.133. The van der Waals surface area contributed by atoms with Crippen LogP contribution < -0.4 is 5.32 Å². The second-order valence-electron chi connectivity index (χ2n) is 4.43. The first-order valence-electron chi connectivity index (χ1n) is 5.98. The van der Waals surface area contributed by atoms with Crippen LogP contribution in [0.25, 0.3) is 0 Å². The summed E-state index contributed by atoms with van der Waals surface area (Å²) < 4.78 is 14.2. The van der Waals surface area contributed by atoms with Crippen molar-refractivity contribution in [3.8, 4) is 0 Å². The summed E-state index contributed by atoms with van der Waals surface area (Å²) in [5.41, 5.74) is 1.62. The van der Waals surface area contributed by atoms with Crippen LogP contribution in [0.1, 0.15) is 17.2 Å². The van der Waals surface area contributed by atoms with E-state index >= 15 is 0 Å². The quantitative estimate of drug-likeness (QED) is 0.881. The average Bonchev–Trinajstić information content (AvgIpc) is 2.41. The zero-order chi connectivity index (χ0) is 14.7. The van der Waals surface area contributed by atoms with Gasteiger partial charge in [-0.05, 0) is 48.4 Å². The van der Waals surface area contributed by atoms with Crippen LogP contribution in [0.2, 0.25) is 0 Å². The maximum Gasteiger partial charge on any atom is 0.330 e. The Morgan fingerprint density at radius 2 is 1.90 bits per heavy atom. The Morgan fingerprint density at radius 1 is 1.25 bits per heavy atom. The van der Waals surface area contributed by atoms with Crippen molar-refractivity contribution in [2.45, 2.75) is 13.0 Å². The molecule has 0 spiro atoms. The van der Waals surface area contributed by atoms with Crippen molar-refractivity contribution in [1.82, 2.24) is 0 Å². The monoisotopic (exact) mass is 337 g/mol. The van der Waals surface area contributed by atoms with Gasteiger partial charge < -0.3 is 10.4 Å². The van der Waals surface area contributed by atoms with Gasteiger partial charge in [0.25, 0.3) is 0 Å². The second-order valence-corrected chi connectivity index (χ2v) is 5.35. The molecule has 104 valence electrons. The molecule has 0 radical (unpaired) electrons. The van der Waals surface area contributed by atoms with Crippen LogP contribution in [0.4, 0.5) is 10.1 Å². The average molecular weight is 338 g/mol. The molecule has 2 rings (SSSR count). The number of halogens is 2. The lowest BCUT2D eigenvalue weighted by Gasteiger charge is -2.17. The highest BCUT2D eigenvalue weighted by Gasteiger charge is 2.20. The molecule has 0 aliphatic rings. The number of anilines is 1. The number of carboxylic acid groups (broad SMARTS) is 1. The van der Waals surface area contributed by atoms with Crippen molar-refractivity contribution in [1.29, 1.82) is 0 Å². The zero-order valence-corrected chi connectivity index (χ0v) is 12.3. The third kappa shape index (κ3) is 3.36. The lowest BCUT2D eigenvalue weighted by Crippen LogP contribution is -2.20. The van der Waals surface area contributed by atoms with Gasteiger partial charge in [-0.1, -0.05) is 28.1 Å². The van der Waals surface area contributed by atoms with E-state index in [2.05, 4.69) is 21.2 Å². The molecule has 0 saturated carbocycles. The van der Waals surface area contributed by atoms with Crippen LogP contribution in [0, 0.1) is 12.7 Å². The lowest BCUT2D eigenvalue weighted by atomic mass is 10.0. The Labute approximate surface area is 124 Å². The third-order valence-electron chi connectivity index (χ3n) is 2.92. The largest absolute Gasteiger partial charge is 0.479 e. The standard InChI is InChI=1S/C15H13BrFNO2/c1-9-8-10(2-7-13(9)17)14(15(19)20)18-12-5-3-11(16)4-6-12/h2-8,14,18H,1H3,(H,19,20). The summed E-state index contributed by atoms with van der Waals surface area (Å²) in [4.78, 5) is 11.4. The number of nitrogens with one attached hydrogen (secondary N) is 1. The van der Waals surface area contributed by atoms with Gasteiger partial charge in [0.2, 0.25) is 0 Å². The maximum absolute atomic E-state index is 13.3. The molecular formula is C15H13BrFNO2. The van der Waals surface area contributed by atoms with E-state index in [0.717, 1.165) is 4.47 Å². The highest BCUT2D eigenvalue weighted by Crippen LogP contribution is 2.23. The van der Waals surface area contributed by atoms with Crippen molar-refractivity contribution in [2.24, 2.45) is 0 Å². The van der Waals surface area contributed by atoms with Gasteiger partial charge in [0, 0.05) is 10.2 Å². The molecule has 2 aromatic carbocycles. The van der Waals surface area contributed by atoms with E-state index in [4.69, 9.17) is 0 Å². The second kappa shape index (κ2) is 6.05. The number of carbonyl (C=O) groups is 1. The summed E-state index contributed by atoms with van der Waals surface area (Å²) >= 11 is 3.32. The summed E-state index contributed by atoms with van der Waals surface area (Å²) in [5.74, 6) is -1.36. The van der Waals surface area contributed by atoms with Crippen LogP contribution in [0.3, 0.4) is 0 Å². The molecule has 0 aromatic heterocycles. The van der Waals surface area contributed by atoms with E-state index in [9.17, 15) is 14.3 Å². The molecule has 0 heterocycles. The fourth-order valence-corrected chi connectivity index (χ4v) is 2.11. The summed E-state index contributed by atoms with van der Waals surface area (Å²) in [6.07, 6.45) is 0. The first-order valence-corrected chi connectivity index (χ1v) is 6.77. The van der Waals surface area contributed by atoms with E-state index in [1.165, 1.54) is 12.1 Å². The summed E-state index contributed by atoms with van der Waals surface area (Å²) in [5, 5.41) is 12.3. The minimum absolute atomic E-state index is 0.346. The molecule has 1 unspecified atom stereocenters. The van der Waals surface area contributed by atoms with Crippen molar-refractivity contribution < 1.29 is 14.3 Å². The molecular weight excluding hydrogens is 325 g/mol. The van der Waals surface area contributed by atoms with E-state index in [1.807, 2.05) is 12.1 Å². The Kier molecular flexibility index (Phi) is 4.39. The highest BCUT2D eigenvalue weighted by atomic mass is 79.9. The lowest BCUT2D eigenvalue weighted by molar-refractivity contribution is -0.138. The number of rotatable bonds is 4. The van der Waals surface area contributed by atoms with Crippen LogP contribution in [-0.2, 0) is 4.79 Å². The minimum Gasteiger partial charge on any atom is -0.479 e. The fourth-order valence-electron chi connectivity index (χ4n) is 1.85. The van der Waals surface area contributed by atoms with Crippen molar-refractivity contribution >= 4 is 27.6 Å². The van der Waals surface area contributed by atoms with Crippen LogP contribution in [0.5, 0.6) is 0 Å². The summed E-state index contributed by atoms with van der Waals surface area (Å²) in [7, 11) is 0. The minimum atomic E-state index is -1.01. The van der Waals surface area contributed by atoms with Gasteiger partial charge in [0.15, 0.2) is 6.04 Å². The first kappa shape index (κ1) is 14.5. The Hall–Kier alpha value is -1.88. The smallest absolute Gasteiger partial charge is 0.330 e. The predicted octanol–water partition coefficient (Wildman–Crippen LogP) is 4.13. The molecule has 2 aromatic rings. The van der Waals surface area contributed by atoms with E-state index in [1.54, 1.807) is 25.1 Å². The molecule has 0 saturated heterocycles. The maximum atomic E-state index is 13.3. The molecule has 0 amide bonds. The Morgan fingerprint density at radius 3 is 2.45 bits per heavy atom. The number of aryl methyl sites for hydroxylation is 1. The number of hydrogen-bond acceptors (Lipinski definition) is 2. The van der Waals surface area contributed by atoms with Crippen molar-refractivity contribution in [3.05, 3.63) is 63.9 Å². The van der Waals surface area contributed by atoms with Gasteiger partial charge >= 0.3 is 5.97 Å².